The highest BCUT2D eigenvalue weighted by Crippen LogP contribution is 2.27. The molecule has 3 rings (SSSR count). The van der Waals surface area contributed by atoms with Crippen molar-refractivity contribution >= 4 is 52.9 Å². The van der Waals surface area contributed by atoms with Gasteiger partial charge in [0.15, 0.2) is 5.96 Å². The molecule has 1 aromatic heterocycles. The van der Waals surface area contributed by atoms with Crippen LogP contribution in [-0.4, -0.2) is 36.5 Å². The molecule has 1 aromatic carbocycles. The molecule has 1 aliphatic heterocycles. The molecule has 0 saturated carbocycles. The van der Waals surface area contributed by atoms with Gasteiger partial charge >= 0.3 is 0 Å². The molecule has 29 heavy (non-hydrogen) atoms. The average Bonchev–Trinajstić information content (AvgIpc) is 3.26. The van der Waals surface area contributed by atoms with Crippen LogP contribution in [0.15, 0.2) is 29.3 Å². The normalized spacial score (nSPS) is 13.1. The average molecular weight is 527 g/mol. The maximum absolute atomic E-state index is 12.6. The van der Waals surface area contributed by atoms with Crippen molar-refractivity contribution in [2.75, 3.05) is 24.5 Å². The van der Waals surface area contributed by atoms with Gasteiger partial charge in [0.1, 0.15) is 5.01 Å². The molecule has 0 fully saturated rings. The summed E-state index contributed by atoms with van der Waals surface area (Å²) in [4.78, 5) is 24.9. The molecule has 0 spiro atoms. The number of halogens is 1. The Bertz CT molecular complexity index is 832. The molecule has 2 N–H and O–H groups in total. The van der Waals surface area contributed by atoms with E-state index < -0.39 is 0 Å². The van der Waals surface area contributed by atoms with E-state index in [9.17, 15) is 4.79 Å². The zero-order valence-electron chi connectivity index (χ0n) is 17.3. The summed E-state index contributed by atoms with van der Waals surface area (Å²) in [6.45, 7) is 9.02. The molecule has 1 aliphatic rings. The minimum absolute atomic E-state index is 0. The first-order valence-electron chi connectivity index (χ1n) is 9.92. The van der Waals surface area contributed by atoms with Crippen LogP contribution < -0.4 is 15.5 Å². The monoisotopic (exact) mass is 527 g/mol. The van der Waals surface area contributed by atoms with Gasteiger partial charge in [0.25, 0.3) is 0 Å². The van der Waals surface area contributed by atoms with E-state index in [-0.39, 0.29) is 29.9 Å². The Labute approximate surface area is 194 Å². The van der Waals surface area contributed by atoms with Gasteiger partial charge in [-0.1, -0.05) is 18.2 Å². The molecular formula is C21H30IN5OS. The Hall–Kier alpha value is -1.68. The Kier molecular flexibility index (Phi) is 9.35. The van der Waals surface area contributed by atoms with Crippen molar-refractivity contribution in [2.24, 2.45) is 4.99 Å². The number of aliphatic imine (C=N–C) groups is 1. The quantitative estimate of drug-likeness (QED) is 0.249. The lowest BCUT2D eigenvalue weighted by atomic mass is 10.2. The van der Waals surface area contributed by atoms with Crippen molar-refractivity contribution in [1.82, 2.24) is 15.6 Å². The smallest absolute Gasteiger partial charge is 0.227 e. The van der Waals surface area contributed by atoms with Crippen LogP contribution in [0, 0.1) is 13.8 Å². The van der Waals surface area contributed by atoms with Crippen LogP contribution in [0.5, 0.6) is 0 Å². The number of aromatic nitrogens is 1. The van der Waals surface area contributed by atoms with Crippen LogP contribution >= 0.6 is 35.3 Å². The fourth-order valence-corrected chi connectivity index (χ4v) is 4.13. The number of carbonyl (C=O) groups excluding carboxylic acids is 1. The number of aryl methyl sites for hydroxylation is 2. The van der Waals surface area contributed by atoms with E-state index in [0.29, 0.717) is 19.5 Å². The molecule has 0 bridgehead atoms. The number of nitrogens with one attached hydrogen (secondary N) is 2. The molecule has 0 saturated heterocycles. The zero-order chi connectivity index (χ0) is 19.9. The number of carbonyl (C=O) groups is 1. The molecule has 8 heteroatoms. The van der Waals surface area contributed by atoms with Crippen molar-refractivity contribution in [2.45, 2.75) is 46.6 Å². The van der Waals surface area contributed by atoms with Crippen molar-refractivity contribution in [3.63, 3.8) is 0 Å². The molecule has 0 radical (unpaired) electrons. The number of anilines is 1. The predicted molar refractivity (Wildman–Crippen MR) is 132 cm³/mol. The number of fused-ring (bicyclic) bond motifs is 1. The summed E-state index contributed by atoms with van der Waals surface area (Å²) in [7, 11) is 0. The second-order valence-electron chi connectivity index (χ2n) is 6.90. The second-order valence-corrected chi connectivity index (χ2v) is 8.19. The Morgan fingerprint density at radius 1 is 1.28 bits per heavy atom. The summed E-state index contributed by atoms with van der Waals surface area (Å²) in [5.74, 6) is 0.967. The van der Waals surface area contributed by atoms with Crippen LogP contribution in [0.25, 0.3) is 0 Å². The summed E-state index contributed by atoms with van der Waals surface area (Å²) >= 11 is 1.69. The highest BCUT2D eigenvalue weighted by Gasteiger charge is 2.23. The first kappa shape index (κ1) is 23.6. The first-order chi connectivity index (χ1) is 13.6. The molecule has 1 amide bonds. The number of amides is 1. The third-order valence-electron chi connectivity index (χ3n) is 4.84. The largest absolute Gasteiger partial charge is 0.357 e. The molecule has 0 atom stereocenters. The van der Waals surface area contributed by atoms with Crippen molar-refractivity contribution in [1.29, 1.82) is 0 Å². The molecule has 2 heterocycles. The highest BCUT2D eigenvalue weighted by atomic mass is 127. The SMILES string of the molecule is CCNC(=NCc1nc(C)c(C)s1)NCCCC(=O)N1CCc2ccccc21.I. The third-order valence-corrected chi connectivity index (χ3v) is 5.90. The Morgan fingerprint density at radius 3 is 2.79 bits per heavy atom. The van der Waals surface area contributed by atoms with Crippen molar-refractivity contribution < 1.29 is 4.79 Å². The van der Waals surface area contributed by atoms with E-state index in [1.807, 2.05) is 36.9 Å². The van der Waals surface area contributed by atoms with Gasteiger partial charge in [0.05, 0.1) is 12.2 Å². The van der Waals surface area contributed by atoms with Crippen LogP contribution in [0.3, 0.4) is 0 Å². The summed E-state index contributed by atoms with van der Waals surface area (Å²) in [6.07, 6.45) is 2.26. The number of para-hydroxylation sites is 1. The Balaban J connectivity index is 0.00000300. The van der Waals surface area contributed by atoms with Crippen LogP contribution in [0.1, 0.15) is 40.9 Å². The lowest BCUT2D eigenvalue weighted by Crippen LogP contribution is -2.38. The van der Waals surface area contributed by atoms with E-state index in [0.717, 1.165) is 48.3 Å². The summed E-state index contributed by atoms with van der Waals surface area (Å²) < 4.78 is 0. The van der Waals surface area contributed by atoms with E-state index >= 15 is 0 Å². The van der Waals surface area contributed by atoms with Gasteiger partial charge in [0, 0.05) is 36.6 Å². The van der Waals surface area contributed by atoms with E-state index in [1.165, 1.54) is 10.4 Å². The number of hydrogen-bond donors (Lipinski definition) is 2. The minimum Gasteiger partial charge on any atom is -0.357 e. The fraction of sp³-hybridized carbons (Fsp3) is 0.476. The van der Waals surface area contributed by atoms with Gasteiger partial charge in [0.2, 0.25) is 5.91 Å². The second kappa shape index (κ2) is 11.5. The van der Waals surface area contributed by atoms with Crippen LogP contribution in [0.4, 0.5) is 5.69 Å². The number of thiazole rings is 1. The lowest BCUT2D eigenvalue weighted by Gasteiger charge is -2.17. The van der Waals surface area contributed by atoms with Crippen molar-refractivity contribution in [3.8, 4) is 0 Å². The third kappa shape index (κ3) is 6.40. The first-order valence-corrected chi connectivity index (χ1v) is 10.7. The van der Waals surface area contributed by atoms with Gasteiger partial charge in [-0.2, -0.15) is 0 Å². The van der Waals surface area contributed by atoms with Crippen molar-refractivity contribution in [3.05, 3.63) is 45.4 Å². The standard InChI is InChI=1S/C21H29N5OS.HI/c1-4-22-21(24-14-19-25-15(2)16(3)28-19)23-12-7-10-20(27)26-13-11-17-8-5-6-9-18(17)26;/h5-6,8-9H,4,7,10-14H2,1-3H3,(H2,22,23,24);1H. The van der Waals surface area contributed by atoms with Gasteiger partial charge in [-0.3, -0.25) is 4.79 Å². The van der Waals surface area contributed by atoms with Crippen LogP contribution in [-0.2, 0) is 17.8 Å². The number of nitrogens with zero attached hydrogens (tertiary/aromatic N) is 3. The van der Waals surface area contributed by atoms with Crippen LogP contribution in [0.2, 0.25) is 0 Å². The number of rotatable bonds is 7. The lowest BCUT2D eigenvalue weighted by molar-refractivity contribution is -0.118. The van der Waals surface area contributed by atoms with Gasteiger partial charge < -0.3 is 15.5 Å². The summed E-state index contributed by atoms with van der Waals surface area (Å²) in [6, 6.07) is 8.18. The predicted octanol–water partition coefficient (Wildman–Crippen LogP) is 3.80. The maximum Gasteiger partial charge on any atom is 0.227 e. The summed E-state index contributed by atoms with van der Waals surface area (Å²) in [5.41, 5.74) is 3.42. The maximum atomic E-state index is 12.6. The molecular weight excluding hydrogens is 497 g/mol. The van der Waals surface area contributed by atoms with Gasteiger partial charge in [-0.05, 0) is 45.2 Å². The topological polar surface area (TPSA) is 69.6 Å². The number of guanidine groups is 1. The molecule has 2 aromatic rings. The van der Waals surface area contributed by atoms with Gasteiger partial charge in [-0.25, -0.2) is 9.98 Å². The number of benzene rings is 1. The molecule has 0 aliphatic carbocycles. The van der Waals surface area contributed by atoms with E-state index in [2.05, 4.69) is 33.6 Å². The Morgan fingerprint density at radius 2 is 2.07 bits per heavy atom. The number of hydrogen-bond acceptors (Lipinski definition) is 4. The highest BCUT2D eigenvalue weighted by molar-refractivity contribution is 14.0. The molecule has 6 nitrogen and oxygen atoms in total. The van der Waals surface area contributed by atoms with Gasteiger partial charge in [-0.15, -0.1) is 35.3 Å². The molecule has 0 unspecified atom stereocenters. The summed E-state index contributed by atoms with van der Waals surface area (Å²) in [5, 5.41) is 7.60. The van der Waals surface area contributed by atoms with E-state index in [4.69, 9.17) is 0 Å². The van der Waals surface area contributed by atoms with E-state index in [1.54, 1.807) is 11.3 Å². The zero-order valence-corrected chi connectivity index (χ0v) is 20.5. The minimum atomic E-state index is 0. The fourth-order valence-electron chi connectivity index (χ4n) is 3.27. The molecule has 158 valence electrons.